The largest absolute Gasteiger partial charge is 0.508 e. The van der Waals surface area contributed by atoms with Gasteiger partial charge in [-0.15, -0.1) is 0 Å². The van der Waals surface area contributed by atoms with Crippen LogP contribution in [0.5, 0.6) is 5.75 Å². The van der Waals surface area contributed by atoms with Gasteiger partial charge in [-0.3, -0.25) is 14.3 Å². The number of benzene rings is 2. The Labute approximate surface area is 427 Å². The third kappa shape index (κ3) is 10.5. The minimum absolute atomic E-state index is 0.0391. The van der Waals surface area contributed by atoms with Gasteiger partial charge in [0.15, 0.2) is 5.82 Å². The van der Waals surface area contributed by atoms with E-state index in [2.05, 4.69) is 74.7 Å². The molecule has 3 N–H and O–H groups in total. The van der Waals surface area contributed by atoms with E-state index in [0.29, 0.717) is 60.7 Å². The number of phenolic OH excluding ortho intramolecular Hbond substituents is 1. The van der Waals surface area contributed by atoms with Crippen LogP contribution in [0.25, 0.3) is 5.57 Å². The van der Waals surface area contributed by atoms with Crippen LogP contribution in [0.3, 0.4) is 0 Å². The molecule has 3 fully saturated rings. The fraction of sp³-hybridized carbons (Fsp3) is 0.556. The number of nitrogens with one attached hydrogen (secondary N) is 2. The summed E-state index contributed by atoms with van der Waals surface area (Å²) >= 11 is 5.55. The van der Waals surface area contributed by atoms with Crippen LogP contribution in [-0.2, 0) is 24.2 Å². The van der Waals surface area contributed by atoms with Crippen molar-refractivity contribution in [3.63, 3.8) is 0 Å². The summed E-state index contributed by atoms with van der Waals surface area (Å²) in [4.78, 5) is 44.1. The van der Waals surface area contributed by atoms with E-state index < -0.39 is 6.43 Å². The minimum atomic E-state index is -2.61. The molecule has 15 nitrogen and oxygen atoms in total. The van der Waals surface area contributed by atoms with Crippen LogP contribution >= 0.6 is 11.6 Å². The fourth-order valence-corrected chi connectivity index (χ4v) is 12.9. The van der Waals surface area contributed by atoms with E-state index in [-0.39, 0.29) is 51.1 Å². The zero-order valence-electron chi connectivity index (χ0n) is 42.7. The van der Waals surface area contributed by atoms with Gasteiger partial charge in [0.2, 0.25) is 11.9 Å². The number of aromatic nitrogens is 4. The summed E-state index contributed by atoms with van der Waals surface area (Å²) in [6.07, 6.45) is 9.15. The maximum Gasteiger partial charge on any atom is 0.264 e. The number of rotatable bonds is 9. The molecule has 384 valence electrons. The maximum atomic E-state index is 14.8. The second-order valence-corrected chi connectivity index (χ2v) is 22.6. The normalized spacial score (nSPS) is 22.1. The zero-order valence-corrected chi connectivity index (χ0v) is 43.4. The highest BCUT2D eigenvalue weighted by atomic mass is 35.5. The van der Waals surface area contributed by atoms with E-state index in [4.69, 9.17) is 27.1 Å². The molecule has 2 amide bonds. The number of piperidine rings is 2. The Balaban J connectivity index is 0.000000573. The van der Waals surface area contributed by atoms with Crippen molar-refractivity contribution in [1.29, 1.82) is 5.26 Å². The number of aromatic hydroxyl groups is 1. The Kier molecular flexibility index (Phi) is 14.6. The van der Waals surface area contributed by atoms with Gasteiger partial charge in [-0.2, -0.15) is 10.4 Å². The van der Waals surface area contributed by atoms with Crippen LogP contribution in [0.4, 0.5) is 26.2 Å². The highest BCUT2D eigenvalue weighted by molar-refractivity contribution is 6.31. The number of nitriles is 1. The number of alkyl halides is 2. The topological polar surface area (TPSA) is 162 Å². The number of hydrogen-bond acceptors (Lipinski definition) is 12. The average molecular weight is 1010 g/mol. The first-order chi connectivity index (χ1) is 34.3. The number of likely N-dealkylation sites (tertiary alicyclic amines) is 1. The zero-order chi connectivity index (χ0) is 51.2. The third-order valence-corrected chi connectivity index (χ3v) is 16.4. The molecule has 2 aromatic carbocycles. The first kappa shape index (κ1) is 51.1. The van der Waals surface area contributed by atoms with Crippen LogP contribution in [0.2, 0.25) is 5.02 Å². The molecule has 6 aliphatic rings. The Morgan fingerprint density at radius 3 is 2.38 bits per heavy atom. The first-order valence-electron chi connectivity index (χ1n) is 25.5. The summed E-state index contributed by atoms with van der Waals surface area (Å²) in [5.41, 5.74) is 9.84. The van der Waals surface area contributed by atoms with Gasteiger partial charge in [0.25, 0.3) is 12.3 Å². The number of carbonyl (C=O) groups is 2. The molecule has 2 unspecified atom stereocenters. The maximum absolute atomic E-state index is 14.8. The molecule has 2 atom stereocenters. The van der Waals surface area contributed by atoms with E-state index in [0.717, 1.165) is 106 Å². The molecule has 72 heavy (non-hydrogen) atoms. The number of hydrogen-bond donors (Lipinski definition) is 3. The van der Waals surface area contributed by atoms with Crippen LogP contribution < -0.4 is 20.5 Å². The van der Waals surface area contributed by atoms with Crippen LogP contribution in [-0.4, -0.2) is 117 Å². The fourth-order valence-electron chi connectivity index (χ4n) is 12.7. The standard InChI is InChI=1S/C47H65F2N11O2.C7H4ClNO/c1-29-24-58(45-50-21-33(22-51-45)43(62)53-44-46(3,4)28-47(44,5)6)17-10-32(29)26-56-15-11-35(12-16-56)60-39-13-18-57(30(2)61)27-38(39)42(54-60)59-14-8-9-31-19-36(34-23-52-55(7)25-34)37(41(48)49)20-40(31)59;8-7-3-6(10)2-1-5(7)4-9/h19-22,25,29,32,35,41,44,52H,8-18,23-24,26-28H2,1-7H3,(H,53,62);1-3,10H. The molecule has 1 aliphatic carbocycles. The van der Waals surface area contributed by atoms with E-state index in [1.807, 2.05) is 35.3 Å². The Morgan fingerprint density at radius 1 is 1.01 bits per heavy atom. The van der Waals surface area contributed by atoms with Crippen molar-refractivity contribution >= 4 is 46.4 Å². The molecule has 0 radical (unpaired) electrons. The van der Waals surface area contributed by atoms with Gasteiger partial charge in [-0.05, 0) is 108 Å². The molecule has 0 bridgehead atoms. The number of phenols is 1. The summed E-state index contributed by atoms with van der Waals surface area (Å²) in [5.74, 6) is 2.52. The number of hydrazine groups is 1. The van der Waals surface area contributed by atoms with E-state index in [1.165, 1.54) is 23.9 Å². The van der Waals surface area contributed by atoms with Gasteiger partial charge < -0.3 is 35.0 Å². The summed E-state index contributed by atoms with van der Waals surface area (Å²) < 4.78 is 31.8. The molecule has 18 heteroatoms. The van der Waals surface area contributed by atoms with E-state index in [1.54, 1.807) is 25.4 Å². The number of aryl methyl sites for hydroxylation is 1. The summed E-state index contributed by atoms with van der Waals surface area (Å²) in [6, 6.07) is 10.1. The minimum Gasteiger partial charge on any atom is -0.508 e. The van der Waals surface area contributed by atoms with Crippen molar-refractivity contribution in [2.75, 3.05) is 69.2 Å². The van der Waals surface area contributed by atoms with Gasteiger partial charge in [0.1, 0.15) is 11.8 Å². The van der Waals surface area contributed by atoms with Crippen molar-refractivity contribution in [1.82, 2.24) is 45.3 Å². The third-order valence-electron chi connectivity index (χ3n) is 16.1. The highest BCUT2D eigenvalue weighted by Crippen LogP contribution is 2.53. The molecule has 2 aromatic heterocycles. The van der Waals surface area contributed by atoms with Crippen LogP contribution in [0, 0.1) is 34.0 Å². The number of amides is 2. The SMILES string of the molecule is CC(=O)N1CCc2c(c(N3CCCc4cc(C5=CN(C)NC5)c(C(F)F)cc43)nn2C2CCN(CC3CCN(c4ncc(C(=O)NC5C(C)(C)CC5(C)C)cn4)CC3C)CC2)C1.N#Cc1ccc(O)cc1Cl. The van der Waals surface area contributed by atoms with Gasteiger partial charge in [-0.1, -0.05) is 46.2 Å². The summed E-state index contributed by atoms with van der Waals surface area (Å²) in [6.45, 7) is 19.9. The molecular weight excluding hydrogens is 938 g/mol. The smallest absolute Gasteiger partial charge is 0.264 e. The van der Waals surface area contributed by atoms with Crippen molar-refractivity contribution in [2.24, 2.45) is 22.7 Å². The monoisotopic (exact) mass is 1010 g/mol. The van der Waals surface area contributed by atoms with Gasteiger partial charge in [-0.25, -0.2) is 24.2 Å². The van der Waals surface area contributed by atoms with Crippen molar-refractivity contribution in [3.8, 4) is 11.8 Å². The number of halogens is 3. The molecular formula is C54H69ClF2N12O3. The summed E-state index contributed by atoms with van der Waals surface area (Å²) in [7, 11) is 1.88. The molecule has 0 spiro atoms. The van der Waals surface area contributed by atoms with E-state index in [9.17, 15) is 18.4 Å². The molecule has 4 aromatic rings. The Hall–Kier alpha value is -5.83. The summed E-state index contributed by atoms with van der Waals surface area (Å²) in [5, 5.41) is 28.0. The molecule has 5 aliphatic heterocycles. The number of fused-ring (bicyclic) bond motifs is 2. The van der Waals surface area contributed by atoms with Crippen LogP contribution in [0.1, 0.15) is 130 Å². The lowest BCUT2D eigenvalue weighted by atomic mass is 9.52. The molecule has 7 heterocycles. The predicted octanol–water partition coefficient (Wildman–Crippen LogP) is 8.66. The van der Waals surface area contributed by atoms with Gasteiger partial charge in [0.05, 0.1) is 28.7 Å². The van der Waals surface area contributed by atoms with Gasteiger partial charge >= 0.3 is 0 Å². The Morgan fingerprint density at radius 2 is 1.75 bits per heavy atom. The van der Waals surface area contributed by atoms with Crippen molar-refractivity contribution in [3.05, 3.63) is 93.0 Å². The van der Waals surface area contributed by atoms with Crippen molar-refractivity contribution < 1.29 is 23.5 Å². The van der Waals surface area contributed by atoms with Gasteiger partial charge in [0, 0.05) is 120 Å². The van der Waals surface area contributed by atoms with Crippen molar-refractivity contribution in [2.45, 2.75) is 112 Å². The second-order valence-electron chi connectivity index (χ2n) is 22.2. The average Bonchev–Trinajstić information content (AvgIpc) is 3.96. The molecule has 1 saturated carbocycles. The highest BCUT2D eigenvalue weighted by Gasteiger charge is 2.53. The predicted molar refractivity (Wildman–Crippen MR) is 275 cm³/mol. The number of nitrogens with zero attached hydrogens (tertiary/aromatic N) is 10. The van der Waals surface area contributed by atoms with Crippen LogP contribution in [0.15, 0.2) is 48.9 Å². The lowest BCUT2D eigenvalue weighted by Crippen LogP contribution is -2.63. The Bertz CT molecular complexity index is 2730. The quantitative estimate of drug-likeness (QED) is 0.147. The lowest BCUT2D eigenvalue weighted by molar-refractivity contribution is -0.129. The van der Waals surface area contributed by atoms with E-state index >= 15 is 0 Å². The number of carbonyl (C=O) groups excluding carboxylic acids is 2. The molecule has 2 saturated heterocycles. The second kappa shape index (κ2) is 20.6. The first-order valence-corrected chi connectivity index (χ1v) is 25.9. The number of anilines is 3. The lowest BCUT2D eigenvalue weighted by Gasteiger charge is -2.57. The molecule has 10 rings (SSSR count).